The van der Waals surface area contributed by atoms with Crippen LogP contribution in [0.5, 0.6) is 0 Å². The molecular weight excluding hydrogens is 194 g/mol. The lowest BCUT2D eigenvalue weighted by molar-refractivity contribution is 1.14. The number of nitrogens with zero attached hydrogens (tertiary/aromatic N) is 1. The number of aromatic nitrogens is 1. The van der Waals surface area contributed by atoms with Crippen molar-refractivity contribution in [1.29, 1.82) is 0 Å². The second kappa shape index (κ2) is 6.78. The molecule has 0 aliphatic rings. The first-order valence-corrected chi connectivity index (χ1v) is 5.90. The Morgan fingerprint density at radius 3 is 2.44 bits per heavy atom. The van der Waals surface area contributed by atoms with Crippen LogP contribution >= 0.6 is 0 Å². The van der Waals surface area contributed by atoms with Crippen molar-refractivity contribution in [1.82, 2.24) is 4.98 Å². The van der Waals surface area contributed by atoms with Gasteiger partial charge in [0.1, 0.15) is 0 Å². The highest BCUT2D eigenvalue weighted by Gasteiger charge is 1.97. The average Bonchev–Trinajstić information content (AvgIpc) is 2.42. The van der Waals surface area contributed by atoms with Gasteiger partial charge in [-0.05, 0) is 30.2 Å². The zero-order chi connectivity index (χ0) is 11.8. The number of hydrogen-bond acceptors (Lipinski definition) is 1. The standard InChI is InChI=1S/C13H13N.C2H6/c1-2-11-6-5-7-12(10-11)13-8-3-4-9-14-13;1-2/h3-10H,2H2,1H3;1-2H3. The monoisotopic (exact) mass is 213 g/mol. The van der Waals surface area contributed by atoms with Crippen molar-refractivity contribution in [3.63, 3.8) is 0 Å². The van der Waals surface area contributed by atoms with Gasteiger partial charge in [-0.2, -0.15) is 0 Å². The Morgan fingerprint density at radius 1 is 1.00 bits per heavy atom. The van der Waals surface area contributed by atoms with Crippen LogP contribution in [0, 0.1) is 0 Å². The number of pyridine rings is 1. The van der Waals surface area contributed by atoms with Crippen molar-refractivity contribution in [2.75, 3.05) is 0 Å². The molecule has 0 aliphatic heterocycles. The van der Waals surface area contributed by atoms with E-state index in [9.17, 15) is 0 Å². The van der Waals surface area contributed by atoms with Gasteiger partial charge in [-0.25, -0.2) is 0 Å². The molecule has 84 valence electrons. The van der Waals surface area contributed by atoms with Crippen molar-refractivity contribution in [2.45, 2.75) is 27.2 Å². The van der Waals surface area contributed by atoms with Crippen molar-refractivity contribution in [3.8, 4) is 11.3 Å². The minimum Gasteiger partial charge on any atom is -0.256 e. The fourth-order valence-electron chi connectivity index (χ4n) is 1.48. The molecule has 0 unspecified atom stereocenters. The molecule has 2 rings (SSSR count). The summed E-state index contributed by atoms with van der Waals surface area (Å²) in [6, 6.07) is 14.5. The molecule has 0 spiro atoms. The fraction of sp³-hybridized carbons (Fsp3) is 0.267. The Labute approximate surface area is 98.2 Å². The van der Waals surface area contributed by atoms with Crippen LogP contribution in [0.25, 0.3) is 11.3 Å². The van der Waals surface area contributed by atoms with Gasteiger partial charge < -0.3 is 0 Å². The zero-order valence-corrected chi connectivity index (χ0v) is 10.3. The summed E-state index contributed by atoms with van der Waals surface area (Å²) in [5.74, 6) is 0. The third-order valence-electron chi connectivity index (χ3n) is 2.30. The summed E-state index contributed by atoms with van der Waals surface area (Å²) in [6.45, 7) is 6.16. The smallest absolute Gasteiger partial charge is 0.0702 e. The molecule has 0 saturated carbocycles. The van der Waals surface area contributed by atoms with Gasteiger partial charge in [0.2, 0.25) is 0 Å². The maximum absolute atomic E-state index is 4.32. The average molecular weight is 213 g/mol. The molecule has 0 fully saturated rings. The minimum absolute atomic E-state index is 1.04. The van der Waals surface area contributed by atoms with Gasteiger partial charge in [0.15, 0.2) is 0 Å². The lowest BCUT2D eigenvalue weighted by atomic mass is 10.1. The van der Waals surface area contributed by atoms with Crippen molar-refractivity contribution in [3.05, 3.63) is 54.2 Å². The van der Waals surface area contributed by atoms with E-state index in [1.807, 2.05) is 38.2 Å². The minimum atomic E-state index is 1.04. The molecule has 1 heterocycles. The lowest BCUT2D eigenvalue weighted by Gasteiger charge is -2.02. The summed E-state index contributed by atoms with van der Waals surface area (Å²) < 4.78 is 0. The van der Waals surface area contributed by atoms with E-state index in [-0.39, 0.29) is 0 Å². The van der Waals surface area contributed by atoms with Crippen molar-refractivity contribution in [2.24, 2.45) is 0 Å². The molecule has 0 bridgehead atoms. The predicted molar refractivity (Wildman–Crippen MR) is 70.4 cm³/mol. The highest BCUT2D eigenvalue weighted by Crippen LogP contribution is 2.17. The molecule has 2 aromatic rings. The molecule has 1 heteroatoms. The topological polar surface area (TPSA) is 12.9 Å². The second-order valence-corrected chi connectivity index (χ2v) is 3.27. The molecule has 1 nitrogen and oxygen atoms in total. The van der Waals surface area contributed by atoms with E-state index in [1.165, 1.54) is 11.1 Å². The van der Waals surface area contributed by atoms with E-state index in [4.69, 9.17) is 0 Å². The summed E-state index contributed by atoms with van der Waals surface area (Å²) in [4.78, 5) is 4.32. The van der Waals surface area contributed by atoms with E-state index >= 15 is 0 Å². The third-order valence-corrected chi connectivity index (χ3v) is 2.30. The van der Waals surface area contributed by atoms with Gasteiger partial charge in [0.25, 0.3) is 0 Å². The number of hydrogen-bond donors (Lipinski definition) is 0. The van der Waals surface area contributed by atoms with Gasteiger partial charge in [0.05, 0.1) is 5.69 Å². The van der Waals surface area contributed by atoms with E-state index in [0.29, 0.717) is 0 Å². The van der Waals surface area contributed by atoms with Crippen LogP contribution in [-0.4, -0.2) is 4.98 Å². The van der Waals surface area contributed by atoms with E-state index in [1.54, 1.807) is 0 Å². The Kier molecular flexibility index (Phi) is 5.27. The van der Waals surface area contributed by atoms with Crippen LogP contribution in [0.15, 0.2) is 48.7 Å². The molecule has 0 amide bonds. The first-order chi connectivity index (χ1) is 7.90. The number of aryl methyl sites for hydroxylation is 1. The van der Waals surface area contributed by atoms with Crippen molar-refractivity contribution >= 4 is 0 Å². The number of benzene rings is 1. The van der Waals surface area contributed by atoms with Crippen LogP contribution in [0.3, 0.4) is 0 Å². The fourth-order valence-corrected chi connectivity index (χ4v) is 1.48. The van der Waals surface area contributed by atoms with Gasteiger partial charge >= 0.3 is 0 Å². The first kappa shape index (κ1) is 12.4. The van der Waals surface area contributed by atoms with Gasteiger partial charge in [-0.15, -0.1) is 0 Å². The predicted octanol–water partition coefficient (Wildman–Crippen LogP) is 4.34. The summed E-state index contributed by atoms with van der Waals surface area (Å²) in [6.07, 6.45) is 2.90. The van der Waals surface area contributed by atoms with E-state index in [2.05, 4.69) is 36.2 Å². The Morgan fingerprint density at radius 2 is 1.81 bits per heavy atom. The van der Waals surface area contributed by atoms with Crippen LogP contribution in [0.4, 0.5) is 0 Å². The normalized spacial score (nSPS) is 9.19. The van der Waals surface area contributed by atoms with E-state index < -0.39 is 0 Å². The van der Waals surface area contributed by atoms with Crippen LogP contribution in [-0.2, 0) is 6.42 Å². The summed E-state index contributed by atoms with van der Waals surface area (Å²) in [5.41, 5.74) is 3.60. The van der Waals surface area contributed by atoms with Crippen molar-refractivity contribution < 1.29 is 0 Å². The summed E-state index contributed by atoms with van der Waals surface area (Å²) >= 11 is 0. The molecule has 1 aromatic heterocycles. The Hall–Kier alpha value is -1.63. The maximum Gasteiger partial charge on any atom is 0.0702 e. The number of rotatable bonds is 2. The van der Waals surface area contributed by atoms with Crippen LogP contribution < -0.4 is 0 Å². The molecule has 1 aromatic carbocycles. The molecule has 0 atom stereocenters. The van der Waals surface area contributed by atoms with Crippen LogP contribution in [0.1, 0.15) is 26.3 Å². The van der Waals surface area contributed by atoms with Gasteiger partial charge in [-0.3, -0.25) is 4.98 Å². The molecule has 0 radical (unpaired) electrons. The molecular formula is C15H19N. The Balaban J connectivity index is 0.000000606. The SMILES string of the molecule is CC.CCc1cccc(-c2ccccn2)c1. The van der Waals surface area contributed by atoms with Crippen LogP contribution in [0.2, 0.25) is 0 Å². The summed E-state index contributed by atoms with van der Waals surface area (Å²) in [5, 5.41) is 0. The highest BCUT2D eigenvalue weighted by atomic mass is 14.7. The molecule has 16 heavy (non-hydrogen) atoms. The quantitative estimate of drug-likeness (QED) is 0.723. The third kappa shape index (κ3) is 3.20. The van der Waals surface area contributed by atoms with E-state index in [0.717, 1.165) is 12.1 Å². The zero-order valence-electron chi connectivity index (χ0n) is 10.3. The highest BCUT2D eigenvalue weighted by molar-refractivity contribution is 5.59. The first-order valence-electron chi connectivity index (χ1n) is 5.90. The maximum atomic E-state index is 4.32. The second-order valence-electron chi connectivity index (χ2n) is 3.27. The molecule has 0 aliphatic carbocycles. The van der Waals surface area contributed by atoms with Gasteiger partial charge in [-0.1, -0.05) is 45.0 Å². The molecule has 0 N–H and O–H groups in total. The Bertz CT molecular complexity index is 407. The molecule has 0 saturated heterocycles. The largest absolute Gasteiger partial charge is 0.256 e. The lowest BCUT2D eigenvalue weighted by Crippen LogP contribution is -1.84. The van der Waals surface area contributed by atoms with Gasteiger partial charge in [0, 0.05) is 11.8 Å². The summed E-state index contributed by atoms with van der Waals surface area (Å²) in [7, 11) is 0.